The van der Waals surface area contributed by atoms with Gasteiger partial charge in [0, 0.05) is 13.1 Å². The maximum Gasteiger partial charge on any atom is 0.272 e. The minimum atomic E-state index is -1.38. The van der Waals surface area contributed by atoms with Crippen molar-refractivity contribution >= 4 is 11.8 Å². The highest BCUT2D eigenvalue weighted by Gasteiger charge is 2.45. The summed E-state index contributed by atoms with van der Waals surface area (Å²) in [7, 11) is 0. The molecule has 1 unspecified atom stereocenters. The van der Waals surface area contributed by atoms with Crippen molar-refractivity contribution in [1.82, 2.24) is 20.2 Å². The van der Waals surface area contributed by atoms with Gasteiger partial charge in [0.2, 0.25) is 0 Å². The predicted molar refractivity (Wildman–Crippen MR) is 81.3 cm³/mol. The summed E-state index contributed by atoms with van der Waals surface area (Å²) in [5, 5.41) is 34.3. The van der Waals surface area contributed by atoms with E-state index in [1.54, 1.807) is 13.8 Å². The van der Waals surface area contributed by atoms with Crippen molar-refractivity contribution in [3.05, 3.63) is 17.7 Å². The fourth-order valence-corrected chi connectivity index (χ4v) is 2.54. The Balaban J connectivity index is 2.43. The molecule has 5 N–H and O–H groups in total. The first-order valence-electron chi connectivity index (χ1n) is 7.71. The highest BCUT2D eigenvalue weighted by Crippen LogP contribution is 2.31. The average molecular weight is 342 g/mol. The van der Waals surface area contributed by atoms with Gasteiger partial charge in [-0.1, -0.05) is 0 Å². The van der Waals surface area contributed by atoms with Crippen LogP contribution < -0.4 is 10.6 Å². The van der Waals surface area contributed by atoms with E-state index < -0.39 is 43.0 Å². The van der Waals surface area contributed by atoms with E-state index in [9.17, 15) is 24.9 Å². The lowest BCUT2D eigenvalue weighted by Gasteiger charge is -2.19. The SMILES string of the molecule is CCNC(=O)c1ncn(C2O[C@H](CO)[C@@H](O)[C@H]2O)c1C(=O)NCC. The zero-order valence-corrected chi connectivity index (χ0v) is 13.5. The summed E-state index contributed by atoms with van der Waals surface area (Å²) in [4.78, 5) is 28.4. The van der Waals surface area contributed by atoms with Crippen molar-refractivity contribution in [3.8, 4) is 0 Å². The highest BCUT2D eigenvalue weighted by atomic mass is 16.6. The summed E-state index contributed by atoms with van der Waals surface area (Å²) in [6.45, 7) is 3.63. The molecule has 0 aliphatic carbocycles. The van der Waals surface area contributed by atoms with Gasteiger partial charge in [-0.15, -0.1) is 0 Å². The normalized spacial score (nSPS) is 26.4. The van der Waals surface area contributed by atoms with Gasteiger partial charge in [0.05, 0.1) is 12.9 Å². The van der Waals surface area contributed by atoms with Crippen LogP contribution in [0.25, 0.3) is 0 Å². The van der Waals surface area contributed by atoms with Gasteiger partial charge in [-0.3, -0.25) is 14.2 Å². The van der Waals surface area contributed by atoms with Crippen LogP contribution in [0.15, 0.2) is 6.33 Å². The summed E-state index contributed by atoms with van der Waals surface area (Å²) in [5.74, 6) is -1.10. The van der Waals surface area contributed by atoms with Gasteiger partial charge in [0.25, 0.3) is 11.8 Å². The van der Waals surface area contributed by atoms with E-state index in [4.69, 9.17) is 4.74 Å². The first-order chi connectivity index (χ1) is 11.5. The Morgan fingerprint density at radius 3 is 2.38 bits per heavy atom. The fraction of sp³-hybridized carbons (Fsp3) is 0.643. The Morgan fingerprint density at radius 2 is 1.83 bits per heavy atom. The van der Waals surface area contributed by atoms with Gasteiger partial charge in [-0.05, 0) is 13.8 Å². The van der Waals surface area contributed by atoms with Crippen molar-refractivity contribution in [2.45, 2.75) is 38.4 Å². The number of aromatic nitrogens is 2. The van der Waals surface area contributed by atoms with Crippen LogP contribution in [0.4, 0.5) is 0 Å². The number of aliphatic hydroxyl groups excluding tert-OH is 3. The molecular weight excluding hydrogens is 320 g/mol. The molecule has 10 nitrogen and oxygen atoms in total. The standard InChI is InChI=1S/C14H22N4O6/c1-3-15-12(22)8-9(13(23)16-4-2)18(6-17-8)14-11(21)10(20)7(5-19)24-14/h6-7,10-11,14,19-21H,3-5H2,1-2H3,(H,15,22)(H,16,23)/t7-,10-,11-,14?/m1/s1. The summed E-state index contributed by atoms with van der Waals surface area (Å²) in [6, 6.07) is 0. The molecule has 0 saturated carbocycles. The molecule has 0 aromatic carbocycles. The number of hydrogen-bond donors (Lipinski definition) is 5. The van der Waals surface area contributed by atoms with Crippen molar-refractivity contribution < 1.29 is 29.6 Å². The second-order valence-corrected chi connectivity index (χ2v) is 5.30. The predicted octanol–water partition coefficient (Wildman–Crippen LogP) is -2.01. The third-order valence-electron chi connectivity index (χ3n) is 3.69. The van der Waals surface area contributed by atoms with Gasteiger partial charge >= 0.3 is 0 Å². The molecule has 0 radical (unpaired) electrons. The number of carbonyl (C=O) groups excluding carboxylic acids is 2. The summed E-state index contributed by atoms with van der Waals surface area (Å²) >= 11 is 0. The molecule has 134 valence electrons. The number of aliphatic hydroxyl groups is 3. The molecule has 1 aromatic heterocycles. The molecule has 2 rings (SSSR count). The molecule has 1 saturated heterocycles. The Kier molecular flexibility index (Phi) is 5.89. The smallest absolute Gasteiger partial charge is 0.272 e. The molecule has 0 spiro atoms. The van der Waals surface area contributed by atoms with E-state index in [2.05, 4.69) is 15.6 Å². The molecule has 1 aliphatic rings. The Morgan fingerprint density at radius 1 is 1.21 bits per heavy atom. The first-order valence-corrected chi connectivity index (χ1v) is 7.71. The Bertz CT molecular complexity index is 604. The van der Waals surface area contributed by atoms with Gasteiger partial charge < -0.3 is 30.7 Å². The van der Waals surface area contributed by atoms with Gasteiger partial charge in [0.1, 0.15) is 24.0 Å². The molecule has 1 aromatic rings. The van der Waals surface area contributed by atoms with Crippen LogP contribution in [0, 0.1) is 0 Å². The molecule has 0 bridgehead atoms. The van der Waals surface area contributed by atoms with Crippen LogP contribution in [0.3, 0.4) is 0 Å². The molecule has 10 heteroatoms. The minimum absolute atomic E-state index is 0.0855. The number of nitrogens with zero attached hydrogens (tertiary/aromatic N) is 2. The molecular formula is C14H22N4O6. The van der Waals surface area contributed by atoms with Gasteiger partial charge in [-0.25, -0.2) is 4.98 Å². The molecule has 1 fully saturated rings. The third kappa shape index (κ3) is 3.26. The number of nitrogens with one attached hydrogen (secondary N) is 2. The van der Waals surface area contributed by atoms with E-state index in [-0.39, 0.29) is 11.4 Å². The second-order valence-electron chi connectivity index (χ2n) is 5.30. The van der Waals surface area contributed by atoms with Crippen molar-refractivity contribution in [1.29, 1.82) is 0 Å². The number of ether oxygens (including phenoxy) is 1. The van der Waals surface area contributed by atoms with Crippen molar-refractivity contribution in [3.63, 3.8) is 0 Å². The Hall–Kier alpha value is -2.01. The van der Waals surface area contributed by atoms with E-state index >= 15 is 0 Å². The Labute approximate surface area is 138 Å². The number of imidazole rings is 1. The van der Waals surface area contributed by atoms with Crippen LogP contribution in [0.2, 0.25) is 0 Å². The lowest BCUT2D eigenvalue weighted by Crippen LogP contribution is -2.35. The number of amides is 2. The minimum Gasteiger partial charge on any atom is -0.394 e. The fourth-order valence-electron chi connectivity index (χ4n) is 2.54. The lowest BCUT2D eigenvalue weighted by atomic mass is 10.1. The van der Waals surface area contributed by atoms with Gasteiger partial charge in [-0.2, -0.15) is 0 Å². The quantitative estimate of drug-likeness (QED) is 0.402. The third-order valence-corrected chi connectivity index (χ3v) is 3.69. The zero-order valence-electron chi connectivity index (χ0n) is 13.5. The molecule has 4 atom stereocenters. The van der Waals surface area contributed by atoms with Crippen LogP contribution in [-0.2, 0) is 4.74 Å². The van der Waals surface area contributed by atoms with E-state index in [0.717, 1.165) is 0 Å². The number of carbonyl (C=O) groups is 2. The molecule has 1 aliphatic heterocycles. The second kappa shape index (κ2) is 7.71. The first kappa shape index (κ1) is 18.3. The van der Waals surface area contributed by atoms with Crippen LogP contribution in [0.5, 0.6) is 0 Å². The maximum absolute atomic E-state index is 12.4. The molecule has 2 heterocycles. The van der Waals surface area contributed by atoms with E-state index in [1.165, 1.54) is 10.9 Å². The van der Waals surface area contributed by atoms with Crippen LogP contribution >= 0.6 is 0 Å². The summed E-state index contributed by atoms with van der Waals surface area (Å²) in [5.41, 5.74) is -0.196. The van der Waals surface area contributed by atoms with E-state index in [1.807, 2.05) is 0 Å². The monoisotopic (exact) mass is 342 g/mol. The zero-order chi connectivity index (χ0) is 17.9. The van der Waals surface area contributed by atoms with Gasteiger partial charge in [0.15, 0.2) is 11.9 Å². The van der Waals surface area contributed by atoms with Crippen molar-refractivity contribution in [2.75, 3.05) is 19.7 Å². The molecule has 2 amide bonds. The van der Waals surface area contributed by atoms with Crippen LogP contribution in [0.1, 0.15) is 41.1 Å². The highest BCUT2D eigenvalue weighted by molar-refractivity contribution is 6.05. The maximum atomic E-state index is 12.4. The lowest BCUT2D eigenvalue weighted by molar-refractivity contribution is -0.0535. The molecule has 24 heavy (non-hydrogen) atoms. The topological polar surface area (TPSA) is 146 Å². The summed E-state index contributed by atoms with van der Waals surface area (Å²) < 4.78 is 6.60. The van der Waals surface area contributed by atoms with Crippen molar-refractivity contribution in [2.24, 2.45) is 0 Å². The van der Waals surface area contributed by atoms with E-state index in [0.29, 0.717) is 13.1 Å². The van der Waals surface area contributed by atoms with Crippen LogP contribution in [-0.4, -0.2) is 74.7 Å². The summed E-state index contributed by atoms with van der Waals surface area (Å²) in [6.07, 6.45) is -3.66. The largest absolute Gasteiger partial charge is 0.394 e. The average Bonchev–Trinajstić information content (AvgIpc) is 3.10. The number of hydrogen-bond acceptors (Lipinski definition) is 7. The number of rotatable bonds is 6.